The molecule has 2 aromatic rings. The lowest BCUT2D eigenvalue weighted by molar-refractivity contribution is 0.0946. The molecule has 2 rings (SSSR count). The zero-order valence-electron chi connectivity index (χ0n) is 11.1. The number of pyridine rings is 1. The molecule has 0 aliphatic rings. The van der Waals surface area contributed by atoms with Crippen LogP contribution in [0.3, 0.4) is 0 Å². The summed E-state index contributed by atoms with van der Waals surface area (Å²) in [6.07, 6.45) is 1.58. The van der Waals surface area contributed by atoms with Crippen LogP contribution in [0.15, 0.2) is 30.5 Å². The maximum absolute atomic E-state index is 12.1. The van der Waals surface area contributed by atoms with Crippen molar-refractivity contribution in [1.82, 2.24) is 10.3 Å². The topological polar surface area (TPSA) is 68.0 Å². The first kappa shape index (κ1) is 14.3. The molecule has 5 heteroatoms. The Hall–Kier alpha value is -2.16. The lowest BCUT2D eigenvalue weighted by atomic mass is 10.2. The van der Waals surface area contributed by atoms with Gasteiger partial charge in [0.25, 0.3) is 5.91 Å². The quantitative estimate of drug-likeness (QED) is 0.843. The minimum Gasteiger partial charge on any atom is -0.346 e. The largest absolute Gasteiger partial charge is 0.346 e. The third kappa shape index (κ3) is 3.67. The van der Waals surface area contributed by atoms with Crippen LogP contribution >= 0.6 is 11.3 Å². The van der Waals surface area contributed by atoms with Gasteiger partial charge >= 0.3 is 0 Å². The van der Waals surface area contributed by atoms with Crippen LogP contribution in [0.5, 0.6) is 0 Å². The molecule has 0 unspecified atom stereocenters. The number of amides is 1. The summed E-state index contributed by atoms with van der Waals surface area (Å²) in [5.41, 5.74) is 6.28. The number of thiophene rings is 1. The fourth-order valence-electron chi connectivity index (χ4n) is 1.66. The Bertz CT molecular complexity index is 667. The smallest absolute Gasteiger partial charge is 0.271 e. The number of hydrogen-bond acceptors (Lipinski definition) is 4. The summed E-state index contributed by atoms with van der Waals surface area (Å²) in [6.45, 7) is 2.79. The van der Waals surface area contributed by atoms with E-state index in [-0.39, 0.29) is 12.5 Å². The van der Waals surface area contributed by atoms with E-state index in [1.807, 2.05) is 19.1 Å². The minimum absolute atomic E-state index is 0.224. The van der Waals surface area contributed by atoms with Crippen LogP contribution in [0.25, 0.3) is 0 Å². The first-order valence-corrected chi connectivity index (χ1v) is 7.00. The normalized spacial score (nSPS) is 9.70. The highest BCUT2D eigenvalue weighted by Crippen LogP contribution is 2.14. The SMILES string of the molecule is Cc1ccc(CNC(=O)c2ncccc2C#CCN)s1. The molecule has 0 saturated carbocycles. The molecule has 1 amide bonds. The average molecular weight is 285 g/mol. The molecule has 0 aliphatic heterocycles. The molecular weight excluding hydrogens is 270 g/mol. The number of rotatable bonds is 3. The molecule has 0 saturated heterocycles. The summed E-state index contributed by atoms with van der Waals surface area (Å²) < 4.78 is 0. The van der Waals surface area contributed by atoms with Crippen LogP contribution in [0.4, 0.5) is 0 Å². The van der Waals surface area contributed by atoms with Gasteiger partial charge in [0, 0.05) is 16.0 Å². The van der Waals surface area contributed by atoms with Gasteiger partial charge in [-0.15, -0.1) is 11.3 Å². The Labute approximate surface area is 122 Å². The van der Waals surface area contributed by atoms with Crippen molar-refractivity contribution in [2.45, 2.75) is 13.5 Å². The summed E-state index contributed by atoms with van der Waals surface area (Å²) in [5, 5.41) is 2.86. The van der Waals surface area contributed by atoms with E-state index in [4.69, 9.17) is 5.73 Å². The number of nitrogens with zero attached hydrogens (tertiary/aromatic N) is 1. The number of nitrogens with two attached hydrogens (primary N) is 1. The maximum atomic E-state index is 12.1. The molecule has 0 fully saturated rings. The maximum Gasteiger partial charge on any atom is 0.271 e. The summed E-state index contributed by atoms with van der Waals surface area (Å²) >= 11 is 1.66. The zero-order valence-corrected chi connectivity index (χ0v) is 12.0. The van der Waals surface area contributed by atoms with Gasteiger partial charge in [-0.1, -0.05) is 11.8 Å². The van der Waals surface area contributed by atoms with Gasteiger partial charge in [-0.2, -0.15) is 0 Å². The van der Waals surface area contributed by atoms with E-state index in [0.717, 1.165) is 4.88 Å². The molecular formula is C15H15N3OS. The van der Waals surface area contributed by atoms with Crippen molar-refractivity contribution in [3.8, 4) is 11.8 Å². The number of carbonyl (C=O) groups excluding carboxylic acids is 1. The van der Waals surface area contributed by atoms with Crippen molar-refractivity contribution >= 4 is 17.2 Å². The second-order valence-electron chi connectivity index (χ2n) is 4.10. The molecule has 102 valence electrons. The van der Waals surface area contributed by atoms with Gasteiger partial charge in [0.05, 0.1) is 18.7 Å². The summed E-state index contributed by atoms with van der Waals surface area (Å²) in [5.74, 6) is 5.37. The van der Waals surface area contributed by atoms with E-state index in [0.29, 0.717) is 17.8 Å². The molecule has 2 heterocycles. The predicted octanol–water partition coefficient (Wildman–Crippen LogP) is 1.69. The molecule has 0 aromatic carbocycles. The Morgan fingerprint density at radius 3 is 3.00 bits per heavy atom. The zero-order chi connectivity index (χ0) is 14.4. The standard InChI is InChI=1S/C15H15N3OS/c1-11-6-7-13(20-11)10-18-15(19)14-12(4-2-8-16)5-3-9-17-14/h3,5-7,9H,8,10,16H2,1H3,(H,18,19). The van der Waals surface area contributed by atoms with Gasteiger partial charge in [0.15, 0.2) is 0 Å². The minimum atomic E-state index is -0.224. The molecule has 2 aromatic heterocycles. The van der Waals surface area contributed by atoms with Crippen LogP contribution in [0.1, 0.15) is 25.8 Å². The number of hydrogen-bond donors (Lipinski definition) is 2. The van der Waals surface area contributed by atoms with Crippen molar-refractivity contribution in [1.29, 1.82) is 0 Å². The van der Waals surface area contributed by atoms with Gasteiger partial charge in [-0.3, -0.25) is 4.79 Å². The van der Waals surface area contributed by atoms with Crippen molar-refractivity contribution in [3.63, 3.8) is 0 Å². The first-order chi connectivity index (χ1) is 9.70. The molecule has 3 N–H and O–H groups in total. The van der Waals surface area contributed by atoms with Crippen molar-refractivity contribution in [3.05, 3.63) is 51.5 Å². The van der Waals surface area contributed by atoms with Crippen molar-refractivity contribution in [2.24, 2.45) is 5.73 Å². The van der Waals surface area contributed by atoms with Gasteiger partial charge in [0.2, 0.25) is 0 Å². The lowest BCUT2D eigenvalue weighted by Crippen LogP contribution is -2.24. The van der Waals surface area contributed by atoms with Gasteiger partial charge in [-0.05, 0) is 31.2 Å². The Morgan fingerprint density at radius 1 is 1.45 bits per heavy atom. The van der Waals surface area contributed by atoms with Crippen LogP contribution in [0, 0.1) is 18.8 Å². The number of nitrogens with one attached hydrogen (secondary N) is 1. The molecule has 4 nitrogen and oxygen atoms in total. The van der Waals surface area contributed by atoms with Crippen LogP contribution in [-0.2, 0) is 6.54 Å². The highest BCUT2D eigenvalue weighted by Gasteiger charge is 2.11. The van der Waals surface area contributed by atoms with E-state index < -0.39 is 0 Å². The van der Waals surface area contributed by atoms with E-state index in [2.05, 4.69) is 22.1 Å². The second kappa shape index (κ2) is 6.85. The van der Waals surface area contributed by atoms with E-state index in [1.165, 1.54) is 4.88 Å². The van der Waals surface area contributed by atoms with E-state index in [9.17, 15) is 4.79 Å². The Balaban J connectivity index is 2.09. The third-order valence-corrected chi connectivity index (χ3v) is 3.57. The predicted molar refractivity (Wildman–Crippen MR) is 80.4 cm³/mol. The summed E-state index contributed by atoms with van der Waals surface area (Å²) in [6, 6.07) is 7.55. The summed E-state index contributed by atoms with van der Waals surface area (Å²) in [4.78, 5) is 18.6. The highest BCUT2D eigenvalue weighted by molar-refractivity contribution is 7.11. The fraction of sp³-hybridized carbons (Fsp3) is 0.200. The first-order valence-electron chi connectivity index (χ1n) is 6.18. The Kier molecular flexibility index (Phi) is 4.88. The second-order valence-corrected chi connectivity index (χ2v) is 5.47. The number of aryl methyl sites for hydroxylation is 1. The monoisotopic (exact) mass is 285 g/mol. The summed E-state index contributed by atoms with van der Waals surface area (Å²) in [7, 11) is 0. The molecule has 0 bridgehead atoms. The fourth-order valence-corrected chi connectivity index (χ4v) is 2.49. The van der Waals surface area contributed by atoms with Crippen LogP contribution in [-0.4, -0.2) is 17.4 Å². The third-order valence-electron chi connectivity index (χ3n) is 2.57. The van der Waals surface area contributed by atoms with Crippen LogP contribution < -0.4 is 11.1 Å². The van der Waals surface area contributed by atoms with Crippen molar-refractivity contribution in [2.75, 3.05) is 6.54 Å². The molecule has 0 spiro atoms. The van der Waals surface area contributed by atoms with Gasteiger partial charge in [-0.25, -0.2) is 4.98 Å². The molecule has 20 heavy (non-hydrogen) atoms. The highest BCUT2D eigenvalue weighted by atomic mass is 32.1. The van der Waals surface area contributed by atoms with Crippen molar-refractivity contribution < 1.29 is 4.79 Å². The van der Waals surface area contributed by atoms with Crippen LogP contribution in [0.2, 0.25) is 0 Å². The lowest BCUT2D eigenvalue weighted by Gasteiger charge is -2.04. The number of aromatic nitrogens is 1. The number of carbonyl (C=O) groups is 1. The molecule has 0 radical (unpaired) electrons. The van der Waals surface area contributed by atoms with E-state index in [1.54, 1.807) is 29.7 Å². The average Bonchev–Trinajstić information content (AvgIpc) is 2.88. The Morgan fingerprint density at radius 2 is 2.30 bits per heavy atom. The molecule has 0 atom stereocenters. The van der Waals surface area contributed by atoms with E-state index >= 15 is 0 Å². The molecule has 0 aliphatic carbocycles. The van der Waals surface area contributed by atoms with Gasteiger partial charge < -0.3 is 11.1 Å². The van der Waals surface area contributed by atoms with Gasteiger partial charge in [0.1, 0.15) is 5.69 Å².